The lowest BCUT2D eigenvalue weighted by molar-refractivity contribution is 0.683. The minimum atomic E-state index is -3.10. The van der Waals surface area contributed by atoms with Crippen molar-refractivity contribution in [2.75, 3.05) is 0 Å². The van der Waals surface area contributed by atoms with E-state index >= 15 is 4.21 Å². The number of hydrogen-bond donors (Lipinski definition) is 0. The van der Waals surface area contributed by atoms with Crippen LogP contribution >= 0.6 is 11.3 Å². The maximum Gasteiger partial charge on any atom is 0.110 e. The molecule has 0 aliphatic carbocycles. The second kappa shape index (κ2) is 10.9. The molecule has 0 spiro atoms. The van der Waals surface area contributed by atoms with Crippen LogP contribution in [0.25, 0.3) is 58.1 Å². The van der Waals surface area contributed by atoms with Gasteiger partial charge in [-0.3, -0.25) is 0 Å². The predicted molar refractivity (Wildman–Crippen MR) is 207 cm³/mol. The molecule has 1 unspecified atom stereocenters. The number of benzene rings is 7. The molecular weight excluding hydrogens is 637 g/mol. The molecule has 1 aliphatic heterocycles. The lowest BCUT2D eigenvalue weighted by Gasteiger charge is -2.26. The number of para-hydroxylation sites is 1. The van der Waals surface area contributed by atoms with Gasteiger partial charge in [-0.15, -0.1) is 11.3 Å². The fourth-order valence-electron chi connectivity index (χ4n) is 7.46. The number of thiophene rings is 1. The largest absolute Gasteiger partial charge is 0.309 e. The molecule has 0 fully saturated rings. The van der Waals surface area contributed by atoms with Crippen LogP contribution in [0.4, 0.5) is 5.69 Å². The highest BCUT2D eigenvalue weighted by Gasteiger charge is 2.32. The monoisotopic (exact) mass is 664 g/mol. The van der Waals surface area contributed by atoms with Gasteiger partial charge in [0.1, 0.15) is 9.73 Å². The molecule has 0 N–H and O–H groups in total. The fraction of sp³-hybridized carbons (Fsp3) is 0. The van der Waals surface area contributed by atoms with Crippen LogP contribution < -0.4 is 0 Å². The minimum absolute atomic E-state index is 0.701. The van der Waals surface area contributed by atoms with Gasteiger partial charge in [0.25, 0.3) is 0 Å². The molecule has 0 saturated carbocycles. The third kappa shape index (κ3) is 4.23. The van der Waals surface area contributed by atoms with Crippen molar-refractivity contribution in [2.45, 2.75) is 4.90 Å². The van der Waals surface area contributed by atoms with Crippen molar-refractivity contribution in [3.05, 3.63) is 187 Å². The van der Waals surface area contributed by atoms with Crippen LogP contribution in [0.15, 0.2) is 179 Å². The van der Waals surface area contributed by atoms with Gasteiger partial charge in [0.05, 0.1) is 26.5 Å². The van der Waals surface area contributed by atoms with E-state index in [0.29, 0.717) is 4.90 Å². The van der Waals surface area contributed by atoms with E-state index in [1.807, 2.05) is 78.1 Å². The molecule has 5 heteroatoms. The normalized spacial score (nSPS) is 16.0. The van der Waals surface area contributed by atoms with Crippen LogP contribution in [-0.4, -0.2) is 8.78 Å². The zero-order valence-electron chi connectivity index (χ0n) is 26.3. The fourth-order valence-corrected chi connectivity index (χ4v) is 11.1. The predicted octanol–water partition coefficient (Wildman–Crippen LogP) is 12.2. The third-order valence-electron chi connectivity index (χ3n) is 9.58. The maximum absolute atomic E-state index is 15.8. The number of rotatable bonds is 4. The van der Waals surface area contributed by atoms with E-state index in [1.54, 1.807) is 0 Å². The van der Waals surface area contributed by atoms with E-state index in [-0.39, 0.29) is 0 Å². The summed E-state index contributed by atoms with van der Waals surface area (Å²) in [6.07, 6.45) is 0. The van der Waals surface area contributed by atoms with Crippen LogP contribution in [0.3, 0.4) is 0 Å². The molecule has 1 atom stereocenters. The van der Waals surface area contributed by atoms with Gasteiger partial charge in [-0.05, 0) is 65.7 Å². The van der Waals surface area contributed by atoms with Crippen molar-refractivity contribution in [3.8, 4) is 5.69 Å². The lowest BCUT2D eigenvalue weighted by atomic mass is 9.93. The van der Waals surface area contributed by atoms with Gasteiger partial charge in [0.15, 0.2) is 0 Å². The Morgan fingerprint density at radius 2 is 1.22 bits per heavy atom. The summed E-state index contributed by atoms with van der Waals surface area (Å²) in [5, 5.41) is 4.86. The zero-order valence-corrected chi connectivity index (χ0v) is 27.9. The number of nitrogens with zero attached hydrogens (tertiary/aromatic N) is 2. The molecule has 0 radical (unpaired) electrons. The molecule has 2 aromatic heterocycles. The smallest absolute Gasteiger partial charge is 0.110 e. The number of hydrogen-bond acceptors (Lipinski definition) is 3. The molecule has 0 bridgehead atoms. The van der Waals surface area contributed by atoms with Crippen LogP contribution in [-0.2, 0) is 9.73 Å². The van der Waals surface area contributed by atoms with Gasteiger partial charge in [-0.2, -0.15) is 4.36 Å². The molecule has 232 valence electrons. The highest BCUT2D eigenvalue weighted by atomic mass is 32.2. The van der Waals surface area contributed by atoms with Crippen LogP contribution in [0.5, 0.6) is 0 Å². The number of fused-ring (bicyclic) bond motifs is 8. The molecule has 3 heterocycles. The molecule has 7 aromatic carbocycles. The molecule has 0 saturated heterocycles. The Bertz CT molecular complexity index is 2910. The minimum Gasteiger partial charge on any atom is -0.309 e. The first-order chi connectivity index (χ1) is 24.2. The Balaban J connectivity index is 1.38. The van der Waals surface area contributed by atoms with Crippen molar-refractivity contribution in [3.63, 3.8) is 0 Å². The summed E-state index contributed by atoms with van der Waals surface area (Å²) in [4.78, 5) is 1.45. The average molecular weight is 665 g/mol. The topological polar surface area (TPSA) is 34.4 Å². The summed E-state index contributed by atoms with van der Waals surface area (Å²) < 4.78 is 25.8. The Kier molecular flexibility index (Phi) is 6.28. The van der Waals surface area contributed by atoms with Gasteiger partial charge in [-0.1, -0.05) is 115 Å². The van der Waals surface area contributed by atoms with E-state index in [9.17, 15) is 0 Å². The summed E-state index contributed by atoms with van der Waals surface area (Å²) in [7, 11) is -3.10. The Hall–Kier alpha value is -5.75. The van der Waals surface area contributed by atoms with Crippen molar-refractivity contribution < 1.29 is 4.21 Å². The third-order valence-corrected chi connectivity index (χ3v) is 13.1. The highest BCUT2D eigenvalue weighted by Crippen LogP contribution is 2.49. The Morgan fingerprint density at radius 1 is 0.551 bits per heavy atom. The summed E-state index contributed by atoms with van der Waals surface area (Å²) in [5.74, 6) is 0. The van der Waals surface area contributed by atoms with Crippen LogP contribution in [0.2, 0.25) is 0 Å². The van der Waals surface area contributed by atoms with E-state index in [2.05, 4.69) is 108 Å². The van der Waals surface area contributed by atoms with E-state index in [1.165, 1.54) is 25.6 Å². The van der Waals surface area contributed by atoms with E-state index in [0.717, 1.165) is 55.0 Å². The summed E-state index contributed by atoms with van der Waals surface area (Å²) in [6, 6.07) is 58.6. The molecule has 9 aromatic rings. The molecule has 0 amide bonds. The Morgan fingerprint density at radius 3 is 2.04 bits per heavy atom. The first kappa shape index (κ1) is 28.3. The summed E-state index contributed by atoms with van der Waals surface area (Å²) in [6.45, 7) is 0. The van der Waals surface area contributed by atoms with E-state index in [4.69, 9.17) is 4.36 Å². The first-order valence-corrected chi connectivity index (χ1v) is 18.7. The molecular formula is C44H28N2OS2. The lowest BCUT2D eigenvalue weighted by Crippen LogP contribution is -2.11. The average Bonchev–Trinajstić information content (AvgIpc) is 3.71. The second-order valence-corrected chi connectivity index (χ2v) is 15.5. The van der Waals surface area contributed by atoms with Crippen molar-refractivity contribution in [1.82, 2.24) is 4.57 Å². The molecule has 10 rings (SSSR count). The quantitative estimate of drug-likeness (QED) is 0.184. The van der Waals surface area contributed by atoms with E-state index < -0.39 is 9.73 Å². The Labute approximate surface area is 288 Å². The molecule has 3 nitrogen and oxygen atoms in total. The SMILES string of the molecule is O=S1(c2ccccc2)=Nc2ccccc2C(c2ccccc2)=C1c1ccc2c(c1)c1c3sc4ccccc4c3ccc1n2-c1ccccc1. The van der Waals surface area contributed by atoms with Gasteiger partial charge >= 0.3 is 0 Å². The highest BCUT2D eigenvalue weighted by molar-refractivity contribution is 8.03. The summed E-state index contributed by atoms with van der Waals surface area (Å²) in [5.41, 5.74) is 7.97. The van der Waals surface area contributed by atoms with Gasteiger partial charge in [0, 0.05) is 47.8 Å². The van der Waals surface area contributed by atoms with Crippen molar-refractivity contribution in [2.24, 2.45) is 4.36 Å². The summed E-state index contributed by atoms with van der Waals surface area (Å²) >= 11 is 1.84. The second-order valence-electron chi connectivity index (χ2n) is 12.4. The zero-order chi connectivity index (χ0) is 32.5. The van der Waals surface area contributed by atoms with Crippen molar-refractivity contribution in [1.29, 1.82) is 0 Å². The van der Waals surface area contributed by atoms with Crippen LogP contribution in [0.1, 0.15) is 16.7 Å². The molecule has 1 aliphatic rings. The first-order valence-electron chi connectivity index (χ1n) is 16.3. The van der Waals surface area contributed by atoms with Gasteiger partial charge < -0.3 is 4.57 Å². The standard InChI is InChI=1S/C44H28N2OS2/c47-49(32-18-8-3-9-19-32)44(41(29-14-4-1-5-15-29)35-21-10-12-22-37(35)45-49)30-24-26-38-36(28-30)42-39(46(38)31-16-6-2-7-17-31)27-25-34-33-20-11-13-23-40(33)48-43(34)42/h1-28H. The van der Waals surface area contributed by atoms with Gasteiger partial charge in [0.2, 0.25) is 0 Å². The maximum atomic E-state index is 15.8. The van der Waals surface area contributed by atoms with Crippen molar-refractivity contribution >= 4 is 79.2 Å². The molecule has 49 heavy (non-hydrogen) atoms. The van der Waals surface area contributed by atoms with Gasteiger partial charge in [-0.25, -0.2) is 4.21 Å². The van der Waals surface area contributed by atoms with Crippen LogP contribution in [0, 0.1) is 0 Å². The number of aromatic nitrogens is 1.